The Bertz CT molecular complexity index is 743. The molecule has 19 heavy (non-hydrogen) atoms. The Labute approximate surface area is 123 Å². The molecular formula is C14H11BrN2OS. The molecule has 0 aliphatic heterocycles. The van der Waals surface area contributed by atoms with E-state index in [4.69, 9.17) is 0 Å². The largest absolute Gasteiger partial charge is 0.296 e. The summed E-state index contributed by atoms with van der Waals surface area (Å²) >= 11 is 5.08. The topological polar surface area (TPSA) is 34.4 Å². The lowest BCUT2D eigenvalue weighted by atomic mass is 10.1. The summed E-state index contributed by atoms with van der Waals surface area (Å²) in [5.74, 6) is 0. The number of hydrogen-bond donors (Lipinski definition) is 0. The van der Waals surface area contributed by atoms with E-state index in [0.29, 0.717) is 5.69 Å². The molecule has 0 amide bonds. The molecule has 3 rings (SSSR count). The lowest BCUT2D eigenvalue weighted by molar-refractivity contribution is 0.111. The second kappa shape index (κ2) is 4.90. The summed E-state index contributed by atoms with van der Waals surface area (Å²) in [6, 6.07) is 8.13. The average molecular weight is 335 g/mol. The van der Waals surface area contributed by atoms with Crippen molar-refractivity contribution in [3.8, 4) is 11.3 Å². The van der Waals surface area contributed by atoms with Crippen molar-refractivity contribution in [1.29, 1.82) is 0 Å². The summed E-state index contributed by atoms with van der Waals surface area (Å²) in [7, 11) is 0. The van der Waals surface area contributed by atoms with Crippen molar-refractivity contribution in [2.45, 2.75) is 13.3 Å². The lowest BCUT2D eigenvalue weighted by Crippen LogP contribution is -1.94. The maximum atomic E-state index is 11.2. The fourth-order valence-electron chi connectivity index (χ4n) is 2.15. The zero-order valence-corrected chi connectivity index (χ0v) is 12.7. The Morgan fingerprint density at radius 3 is 2.74 bits per heavy atom. The zero-order valence-electron chi connectivity index (χ0n) is 10.3. The Balaban J connectivity index is 2.33. The summed E-state index contributed by atoms with van der Waals surface area (Å²) in [6.45, 7) is 2.12. The van der Waals surface area contributed by atoms with Crippen LogP contribution in [0.2, 0.25) is 0 Å². The Kier molecular flexibility index (Phi) is 3.24. The van der Waals surface area contributed by atoms with Gasteiger partial charge in [0, 0.05) is 9.35 Å². The predicted octanol–water partition coefficient (Wildman–Crippen LogP) is 4.20. The van der Waals surface area contributed by atoms with Crippen LogP contribution in [0.5, 0.6) is 0 Å². The number of thiazole rings is 1. The van der Waals surface area contributed by atoms with Gasteiger partial charge in [-0.25, -0.2) is 4.98 Å². The molecule has 0 bridgehead atoms. The zero-order chi connectivity index (χ0) is 13.4. The maximum absolute atomic E-state index is 11.2. The molecule has 0 unspecified atom stereocenters. The molecule has 96 valence electrons. The number of aromatic nitrogens is 2. The van der Waals surface area contributed by atoms with Crippen molar-refractivity contribution in [2.75, 3.05) is 0 Å². The third-order valence-electron chi connectivity index (χ3n) is 3.02. The molecule has 0 aliphatic carbocycles. The van der Waals surface area contributed by atoms with Gasteiger partial charge < -0.3 is 0 Å². The van der Waals surface area contributed by atoms with Crippen molar-refractivity contribution >= 4 is 38.5 Å². The summed E-state index contributed by atoms with van der Waals surface area (Å²) in [4.78, 5) is 17.6. The van der Waals surface area contributed by atoms with Crippen molar-refractivity contribution in [1.82, 2.24) is 9.38 Å². The molecule has 0 saturated heterocycles. The van der Waals surface area contributed by atoms with Gasteiger partial charge in [0.25, 0.3) is 0 Å². The van der Waals surface area contributed by atoms with Crippen LogP contribution in [-0.4, -0.2) is 15.7 Å². The van der Waals surface area contributed by atoms with E-state index in [1.165, 1.54) is 4.88 Å². The van der Waals surface area contributed by atoms with Crippen LogP contribution in [0.3, 0.4) is 0 Å². The first-order valence-corrected chi connectivity index (χ1v) is 7.55. The molecule has 0 radical (unpaired) electrons. The SMILES string of the molecule is CCc1sc2ncc(C=O)n2c1-c1ccc(Br)cc1. The number of benzene rings is 1. The monoisotopic (exact) mass is 334 g/mol. The number of rotatable bonds is 3. The van der Waals surface area contributed by atoms with Gasteiger partial charge in [0.2, 0.25) is 0 Å². The number of carbonyl (C=O) groups excluding carboxylic acids is 1. The lowest BCUT2D eigenvalue weighted by Gasteiger charge is -2.04. The first kappa shape index (κ1) is 12.6. The fraction of sp³-hybridized carbons (Fsp3) is 0.143. The van der Waals surface area contributed by atoms with E-state index in [9.17, 15) is 4.79 Å². The van der Waals surface area contributed by atoms with Gasteiger partial charge in [-0.2, -0.15) is 0 Å². The van der Waals surface area contributed by atoms with Gasteiger partial charge in [-0.05, 0) is 24.1 Å². The highest BCUT2D eigenvalue weighted by Crippen LogP contribution is 2.33. The van der Waals surface area contributed by atoms with Gasteiger partial charge in [-0.15, -0.1) is 11.3 Å². The van der Waals surface area contributed by atoms with E-state index in [1.807, 2.05) is 16.5 Å². The molecule has 0 saturated carbocycles. The Morgan fingerprint density at radius 2 is 2.11 bits per heavy atom. The second-order valence-corrected chi connectivity index (χ2v) is 6.13. The standard InChI is InChI=1S/C14H11BrN2OS/c1-2-12-13(9-3-5-10(15)6-4-9)17-11(8-18)7-16-14(17)19-12/h3-8H,2H2,1H3. The summed E-state index contributed by atoms with van der Waals surface area (Å²) in [5.41, 5.74) is 2.78. The minimum atomic E-state index is 0.601. The van der Waals surface area contributed by atoms with Gasteiger partial charge in [-0.3, -0.25) is 9.20 Å². The second-order valence-electron chi connectivity index (χ2n) is 4.15. The maximum Gasteiger partial charge on any atom is 0.194 e. The van der Waals surface area contributed by atoms with Gasteiger partial charge >= 0.3 is 0 Å². The highest BCUT2D eigenvalue weighted by atomic mass is 79.9. The normalized spacial score (nSPS) is 11.1. The van der Waals surface area contributed by atoms with Crippen LogP contribution in [-0.2, 0) is 6.42 Å². The van der Waals surface area contributed by atoms with E-state index < -0.39 is 0 Å². The number of fused-ring (bicyclic) bond motifs is 1. The highest BCUT2D eigenvalue weighted by Gasteiger charge is 2.16. The Morgan fingerprint density at radius 1 is 1.37 bits per heavy atom. The summed E-state index contributed by atoms with van der Waals surface area (Å²) < 4.78 is 2.99. The molecular weight excluding hydrogens is 324 g/mol. The first-order valence-electron chi connectivity index (χ1n) is 5.94. The van der Waals surface area contributed by atoms with Crippen LogP contribution in [0.15, 0.2) is 34.9 Å². The van der Waals surface area contributed by atoms with Crippen LogP contribution in [0.25, 0.3) is 16.2 Å². The minimum Gasteiger partial charge on any atom is -0.296 e. The number of hydrogen-bond acceptors (Lipinski definition) is 3. The smallest absolute Gasteiger partial charge is 0.194 e. The predicted molar refractivity (Wildman–Crippen MR) is 81.0 cm³/mol. The quantitative estimate of drug-likeness (QED) is 0.672. The molecule has 3 nitrogen and oxygen atoms in total. The third kappa shape index (κ3) is 2.03. The van der Waals surface area contributed by atoms with E-state index in [-0.39, 0.29) is 0 Å². The fourth-order valence-corrected chi connectivity index (χ4v) is 3.48. The van der Waals surface area contributed by atoms with Gasteiger partial charge in [0.1, 0.15) is 5.69 Å². The van der Waals surface area contributed by atoms with Crippen molar-refractivity contribution in [3.05, 3.63) is 45.5 Å². The van der Waals surface area contributed by atoms with Crippen LogP contribution in [0.1, 0.15) is 22.3 Å². The van der Waals surface area contributed by atoms with E-state index in [1.54, 1.807) is 17.5 Å². The molecule has 0 atom stereocenters. The molecule has 2 heterocycles. The van der Waals surface area contributed by atoms with Crippen molar-refractivity contribution in [3.63, 3.8) is 0 Å². The van der Waals surface area contributed by atoms with Gasteiger partial charge in [-0.1, -0.05) is 35.0 Å². The number of nitrogens with zero attached hydrogens (tertiary/aromatic N) is 2. The molecule has 0 fully saturated rings. The number of aldehydes is 1. The van der Waals surface area contributed by atoms with Crippen LogP contribution in [0.4, 0.5) is 0 Å². The molecule has 5 heteroatoms. The number of aryl methyl sites for hydroxylation is 1. The van der Waals surface area contributed by atoms with E-state index in [0.717, 1.165) is 33.4 Å². The molecule has 1 aromatic carbocycles. The van der Waals surface area contributed by atoms with Gasteiger partial charge in [0.15, 0.2) is 11.2 Å². The Hall–Kier alpha value is -1.46. The van der Waals surface area contributed by atoms with Crippen LogP contribution in [0, 0.1) is 0 Å². The summed E-state index contributed by atoms with van der Waals surface area (Å²) in [5, 5.41) is 0. The van der Waals surface area contributed by atoms with Crippen molar-refractivity contribution < 1.29 is 4.79 Å². The van der Waals surface area contributed by atoms with Crippen LogP contribution < -0.4 is 0 Å². The number of carbonyl (C=O) groups is 1. The average Bonchev–Trinajstić information content (AvgIpc) is 2.97. The van der Waals surface area contributed by atoms with Crippen LogP contribution >= 0.6 is 27.3 Å². The number of halogens is 1. The van der Waals surface area contributed by atoms with Crippen molar-refractivity contribution in [2.24, 2.45) is 0 Å². The van der Waals surface area contributed by atoms with Gasteiger partial charge in [0.05, 0.1) is 11.9 Å². The summed E-state index contributed by atoms with van der Waals surface area (Å²) in [6.07, 6.45) is 3.41. The molecule has 0 N–H and O–H groups in total. The third-order valence-corrected chi connectivity index (χ3v) is 4.75. The molecule has 3 aromatic rings. The first-order chi connectivity index (χ1) is 9.24. The molecule has 0 spiro atoms. The highest BCUT2D eigenvalue weighted by molar-refractivity contribution is 9.10. The molecule has 0 aliphatic rings. The molecule has 2 aromatic heterocycles. The van der Waals surface area contributed by atoms with E-state index in [2.05, 4.69) is 40.0 Å². The van der Waals surface area contributed by atoms with E-state index >= 15 is 0 Å². The number of imidazole rings is 1. The minimum absolute atomic E-state index is 0.601.